The summed E-state index contributed by atoms with van der Waals surface area (Å²) in [6.07, 6.45) is 0.00752. The number of ether oxygens (including phenoxy) is 2. The van der Waals surface area contributed by atoms with Gasteiger partial charge in [0.1, 0.15) is 5.75 Å². The number of hydrogen-bond donors (Lipinski definition) is 1. The van der Waals surface area contributed by atoms with Crippen LogP contribution in [0.1, 0.15) is 12.5 Å². The van der Waals surface area contributed by atoms with Crippen LogP contribution >= 0.6 is 15.9 Å². The van der Waals surface area contributed by atoms with Gasteiger partial charge in [-0.2, -0.15) is 8.78 Å². The van der Waals surface area contributed by atoms with Gasteiger partial charge in [0.05, 0.1) is 18.7 Å². The van der Waals surface area contributed by atoms with Gasteiger partial charge in [-0.15, -0.1) is 0 Å². The first-order valence-corrected chi connectivity index (χ1v) is 5.92. The van der Waals surface area contributed by atoms with Crippen molar-refractivity contribution < 1.29 is 23.0 Å². The highest BCUT2D eigenvalue weighted by Gasteiger charge is 2.15. The predicted molar refractivity (Wildman–Crippen MR) is 65.5 cm³/mol. The van der Waals surface area contributed by atoms with Crippen molar-refractivity contribution in [1.82, 2.24) is 0 Å². The number of carbonyl (C=O) groups is 1. The summed E-state index contributed by atoms with van der Waals surface area (Å²) >= 11 is 3.14. The highest BCUT2D eigenvalue weighted by molar-refractivity contribution is 9.10. The fourth-order valence-corrected chi connectivity index (χ4v) is 1.79. The number of anilines is 1. The Hall–Kier alpha value is -1.37. The molecule has 0 fully saturated rings. The minimum atomic E-state index is -2.95. The van der Waals surface area contributed by atoms with Gasteiger partial charge in [0.25, 0.3) is 0 Å². The van der Waals surface area contributed by atoms with Crippen LogP contribution in [-0.2, 0) is 16.0 Å². The highest BCUT2D eigenvalue weighted by atomic mass is 79.9. The molecular formula is C11H12BrF2NO3. The first kappa shape index (κ1) is 14.7. The van der Waals surface area contributed by atoms with E-state index in [-0.39, 0.29) is 24.5 Å². The van der Waals surface area contributed by atoms with Crippen molar-refractivity contribution >= 4 is 27.6 Å². The molecule has 0 unspecified atom stereocenters. The van der Waals surface area contributed by atoms with Crippen LogP contribution in [0.2, 0.25) is 0 Å². The number of alkyl halides is 2. The van der Waals surface area contributed by atoms with Gasteiger partial charge in [-0.05, 0) is 34.5 Å². The van der Waals surface area contributed by atoms with Crippen LogP contribution in [-0.4, -0.2) is 19.2 Å². The Balaban J connectivity index is 2.90. The van der Waals surface area contributed by atoms with Gasteiger partial charge in [-0.25, -0.2) is 0 Å². The van der Waals surface area contributed by atoms with E-state index in [4.69, 9.17) is 10.5 Å². The molecule has 1 rings (SSSR count). The normalized spacial score (nSPS) is 10.5. The van der Waals surface area contributed by atoms with E-state index < -0.39 is 12.6 Å². The second kappa shape index (κ2) is 6.53. The summed E-state index contributed by atoms with van der Waals surface area (Å²) in [6, 6.07) is 2.77. The number of nitrogens with two attached hydrogens (primary N) is 1. The molecule has 0 saturated carbocycles. The van der Waals surface area contributed by atoms with Crippen LogP contribution in [0.3, 0.4) is 0 Å². The maximum Gasteiger partial charge on any atom is 0.387 e. The van der Waals surface area contributed by atoms with Crippen molar-refractivity contribution in [3.05, 3.63) is 22.2 Å². The number of rotatable bonds is 5. The molecule has 4 nitrogen and oxygen atoms in total. The smallest absolute Gasteiger partial charge is 0.387 e. The van der Waals surface area contributed by atoms with Crippen molar-refractivity contribution in [2.24, 2.45) is 0 Å². The van der Waals surface area contributed by atoms with Gasteiger partial charge in [-0.3, -0.25) is 4.79 Å². The molecule has 0 spiro atoms. The lowest BCUT2D eigenvalue weighted by atomic mass is 10.1. The molecule has 0 bridgehead atoms. The fourth-order valence-electron chi connectivity index (χ4n) is 1.32. The van der Waals surface area contributed by atoms with Crippen LogP contribution in [0.4, 0.5) is 14.5 Å². The van der Waals surface area contributed by atoms with Crippen molar-refractivity contribution in [3.63, 3.8) is 0 Å². The first-order chi connectivity index (χ1) is 8.45. The quantitative estimate of drug-likeness (QED) is 0.668. The van der Waals surface area contributed by atoms with E-state index in [0.29, 0.717) is 10.0 Å². The van der Waals surface area contributed by atoms with Crippen LogP contribution in [0.15, 0.2) is 16.6 Å². The average molecular weight is 324 g/mol. The summed E-state index contributed by atoms with van der Waals surface area (Å²) in [6.45, 7) is -0.977. The molecule has 1 aromatic rings. The van der Waals surface area contributed by atoms with Crippen LogP contribution in [0.5, 0.6) is 5.75 Å². The van der Waals surface area contributed by atoms with E-state index in [9.17, 15) is 13.6 Å². The van der Waals surface area contributed by atoms with Crippen LogP contribution < -0.4 is 10.5 Å². The lowest BCUT2D eigenvalue weighted by molar-refractivity contribution is -0.142. The molecule has 7 heteroatoms. The van der Waals surface area contributed by atoms with Gasteiger partial charge in [0, 0.05) is 4.47 Å². The van der Waals surface area contributed by atoms with Gasteiger partial charge >= 0.3 is 12.6 Å². The summed E-state index contributed by atoms with van der Waals surface area (Å²) in [5.41, 5.74) is 6.20. The zero-order valence-electron chi connectivity index (χ0n) is 9.58. The van der Waals surface area contributed by atoms with Gasteiger partial charge in [0.2, 0.25) is 0 Å². The topological polar surface area (TPSA) is 61.5 Å². The molecule has 0 saturated heterocycles. The molecule has 0 radical (unpaired) electrons. The van der Waals surface area contributed by atoms with Gasteiger partial charge < -0.3 is 15.2 Å². The minimum absolute atomic E-state index is 0.00752. The lowest BCUT2D eigenvalue weighted by Crippen LogP contribution is -2.10. The molecule has 0 aliphatic heterocycles. The number of esters is 1. The summed E-state index contributed by atoms with van der Waals surface area (Å²) < 4.78 is 33.5. The molecule has 2 N–H and O–H groups in total. The Morgan fingerprint density at radius 1 is 1.50 bits per heavy atom. The summed E-state index contributed by atoms with van der Waals surface area (Å²) in [5, 5.41) is 0. The minimum Gasteiger partial charge on any atom is -0.466 e. The third kappa shape index (κ3) is 3.83. The Labute approximate surface area is 111 Å². The van der Waals surface area contributed by atoms with Crippen LogP contribution in [0, 0.1) is 0 Å². The van der Waals surface area contributed by atoms with Gasteiger partial charge in [0.15, 0.2) is 0 Å². The number of carbonyl (C=O) groups excluding carboxylic acids is 1. The maximum absolute atomic E-state index is 12.1. The molecule has 1 aromatic carbocycles. The molecule has 18 heavy (non-hydrogen) atoms. The molecule has 0 aliphatic carbocycles. The zero-order chi connectivity index (χ0) is 13.7. The number of hydrogen-bond acceptors (Lipinski definition) is 4. The number of benzene rings is 1. The standard InChI is InChI=1S/C11H12BrF2NO3/c1-2-17-8(16)5-6-3-4-7(18-11(13)14)10(15)9(6)12/h3-4,11H,2,5,15H2,1H3. The Bertz CT molecular complexity index is 441. The Kier molecular flexibility index (Phi) is 5.33. The van der Waals surface area contributed by atoms with Crippen molar-refractivity contribution in [1.29, 1.82) is 0 Å². The largest absolute Gasteiger partial charge is 0.466 e. The van der Waals surface area contributed by atoms with Crippen molar-refractivity contribution in [3.8, 4) is 5.75 Å². The molecule has 0 aliphatic rings. The Morgan fingerprint density at radius 3 is 2.72 bits per heavy atom. The number of halogens is 3. The summed E-state index contributed by atoms with van der Waals surface area (Å²) in [7, 11) is 0. The summed E-state index contributed by atoms with van der Waals surface area (Å²) in [5.74, 6) is -0.551. The van der Waals surface area contributed by atoms with Crippen LogP contribution in [0.25, 0.3) is 0 Å². The average Bonchev–Trinajstić information content (AvgIpc) is 2.29. The fraction of sp³-hybridized carbons (Fsp3) is 0.364. The third-order valence-corrected chi connectivity index (χ3v) is 3.01. The molecule has 0 amide bonds. The molecule has 0 aromatic heterocycles. The predicted octanol–water partition coefficient (Wildman–Crippen LogP) is 2.74. The van der Waals surface area contributed by atoms with E-state index in [1.807, 2.05) is 0 Å². The SMILES string of the molecule is CCOC(=O)Cc1ccc(OC(F)F)c(N)c1Br. The third-order valence-electron chi connectivity index (χ3n) is 2.08. The van der Waals surface area contributed by atoms with E-state index in [1.54, 1.807) is 6.92 Å². The van der Waals surface area contributed by atoms with Gasteiger partial charge in [-0.1, -0.05) is 6.07 Å². The molecule has 100 valence electrons. The lowest BCUT2D eigenvalue weighted by Gasteiger charge is -2.12. The monoisotopic (exact) mass is 323 g/mol. The summed E-state index contributed by atoms with van der Waals surface area (Å²) in [4.78, 5) is 11.3. The second-order valence-corrected chi connectivity index (χ2v) is 4.10. The molecule has 0 heterocycles. The highest BCUT2D eigenvalue weighted by Crippen LogP contribution is 2.34. The van der Waals surface area contributed by atoms with E-state index in [2.05, 4.69) is 20.7 Å². The zero-order valence-corrected chi connectivity index (χ0v) is 11.2. The van der Waals surface area contributed by atoms with E-state index in [0.717, 1.165) is 0 Å². The number of nitrogen functional groups attached to an aromatic ring is 1. The van der Waals surface area contributed by atoms with Crippen molar-refractivity contribution in [2.45, 2.75) is 20.0 Å². The second-order valence-electron chi connectivity index (χ2n) is 3.31. The van der Waals surface area contributed by atoms with Crippen molar-refractivity contribution in [2.75, 3.05) is 12.3 Å². The van der Waals surface area contributed by atoms with E-state index in [1.165, 1.54) is 12.1 Å². The molecular weight excluding hydrogens is 312 g/mol. The maximum atomic E-state index is 12.1. The molecule has 0 atom stereocenters. The Morgan fingerprint density at radius 2 is 2.17 bits per heavy atom. The van der Waals surface area contributed by atoms with E-state index >= 15 is 0 Å². The first-order valence-electron chi connectivity index (χ1n) is 5.13.